The minimum absolute atomic E-state index is 0.0355. The van der Waals surface area contributed by atoms with E-state index < -0.39 is 0 Å². The van der Waals surface area contributed by atoms with E-state index in [9.17, 15) is 0 Å². The van der Waals surface area contributed by atoms with Gasteiger partial charge in [0.15, 0.2) is 0 Å². The molecule has 0 aliphatic carbocycles. The third-order valence-electron chi connectivity index (χ3n) is 5.33. The molecule has 1 aromatic carbocycles. The van der Waals surface area contributed by atoms with Crippen molar-refractivity contribution in [3.63, 3.8) is 0 Å². The molecule has 3 rings (SSSR count). The lowest BCUT2D eigenvalue weighted by atomic mass is 9.75. The molecule has 2 aliphatic rings. The maximum Gasteiger partial charge on any atom is 0.119 e. The smallest absolute Gasteiger partial charge is 0.119 e. The summed E-state index contributed by atoms with van der Waals surface area (Å²) in [6.45, 7) is 7.35. The summed E-state index contributed by atoms with van der Waals surface area (Å²) < 4.78 is 17.9. The molecule has 3 nitrogen and oxygen atoms in total. The van der Waals surface area contributed by atoms with Gasteiger partial charge in [-0.3, -0.25) is 0 Å². The van der Waals surface area contributed by atoms with Crippen LogP contribution in [0, 0.1) is 5.92 Å². The predicted octanol–water partition coefficient (Wildman–Crippen LogP) is 3.95. The van der Waals surface area contributed by atoms with Crippen LogP contribution in [0.4, 0.5) is 0 Å². The number of rotatable bonds is 5. The Labute approximate surface area is 127 Å². The molecular formula is C18H26O3. The Hall–Kier alpha value is -1.06. The van der Waals surface area contributed by atoms with Gasteiger partial charge in [0.1, 0.15) is 5.75 Å². The molecule has 21 heavy (non-hydrogen) atoms. The second kappa shape index (κ2) is 5.29. The summed E-state index contributed by atoms with van der Waals surface area (Å²) in [5, 5.41) is 0. The molecule has 0 aromatic heterocycles. The predicted molar refractivity (Wildman–Crippen MR) is 82.5 cm³/mol. The van der Waals surface area contributed by atoms with Crippen molar-refractivity contribution >= 4 is 0 Å². The quantitative estimate of drug-likeness (QED) is 0.822. The summed E-state index contributed by atoms with van der Waals surface area (Å²) in [7, 11) is 1.69. The van der Waals surface area contributed by atoms with Crippen LogP contribution in [-0.4, -0.2) is 24.4 Å². The van der Waals surface area contributed by atoms with Gasteiger partial charge in [-0.15, -0.1) is 0 Å². The summed E-state index contributed by atoms with van der Waals surface area (Å²) in [5.74, 6) is 1.43. The molecule has 116 valence electrons. The van der Waals surface area contributed by atoms with Crippen molar-refractivity contribution < 1.29 is 14.2 Å². The summed E-state index contributed by atoms with van der Waals surface area (Å²) >= 11 is 0. The molecule has 3 unspecified atom stereocenters. The fourth-order valence-corrected chi connectivity index (χ4v) is 3.76. The van der Waals surface area contributed by atoms with E-state index in [-0.39, 0.29) is 17.3 Å². The zero-order chi connectivity index (χ0) is 15.1. The van der Waals surface area contributed by atoms with Crippen LogP contribution >= 0.6 is 0 Å². The molecule has 3 heteroatoms. The van der Waals surface area contributed by atoms with E-state index >= 15 is 0 Å². The van der Waals surface area contributed by atoms with Crippen LogP contribution in [0.2, 0.25) is 0 Å². The van der Waals surface area contributed by atoms with E-state index in [0.717, 1.165) is 24.2 Å². The molecule has 0 saturated carbocycles. The van der Waals surface area contributed by atoms with Crippen molar-refractivity contribution in [1.29, 1.82) is 0 Å². The Bertz CT molecular complexity index is 513. The normalized spacial score (nSPS) is 34.6. The molecule has 2 saturated heterocycles. The van der Waals surface area contributed by atoms with Crippen LogP contribution < -0.4 is 4.74 Å². The number of benzene rings is 1. The number of methoxy groups -OCH3 is 1. The monoisotopic (exact) mass is 290 g/mol. The largest absolute Gasteiger partial charge is 0.497 e. The molecule has 0 radical (unpaired) electrons. The van der Waals surface area contributed by atoms with Gasteiger partial charge >= 0.3 is 0 Å². The van der Waals surface area contributed by atoms with Crippen molar-refractivity contribution in [3.8, 4) is 5.75 Å². The zero-order valence-electron chi connectivity index (χ0n) is 13.5. The van der Waals surface area contributed by atoms with Gasteiger partial charge in [-0.2, -0.15) is 0 Å². The second-order valence-corrected chi connectivity index (χ2v) is 6.99. The van der Waals surface area contributed by atoms with Crippen molar-refractivity contribution in [1.82, 2.24) is 0 Å². The van der Waals surface area contributed by atoms with Gasteiger partial charge in [-0.25, -0.2) is 0 Å². The minimum Gasteiger partial charge on any atom is -0.497 e. The highest BCUT2D eigenvalue weighted by Crippen LogP contribution is 2.55. The molecule has 1 aromatic rings. The summed E-state index contributed by atoms with van der Waals surface area (Å²) in [6.07, 6.45) is 3.49. The van der Waals surface area contributed by atoms with E-state index in [2.05, 4.69) is 26.8 Å². The van der Waals surface area contributed by atoms with Gasteiger partial charge in [0.25, 0.3) is 0 Å². The van der Waals surface area contributed by atoms with Crippen LogP contribution in [0.5, 0.6) is 5.75 Å². The fourth-order valence-electron chi connectivity index (χ4n) is 3.76. The summed E-state index contributed by atoms with van der Waals surface area (Å²) in [5.41, 5.74) is 1.08. The van der Waals surface area contributed by atoms with E-state index in [1.54, 1.807) is 7.11 Å². The third-order valence-corrected chi connectivity index (χ3v) is 5.33. The molecule has 2 heterocycles. The van der Waals surface area contributed by atoms with E-state index in [1.807, 2.05) is 18.2 Å². The Morgan fingerprint density at radius 3 is 2.81 bits per heavy atom. The molecule has 0 spiro atoms. The highest BCUT2D eigenvalue weighted by molar-refractivity contribution is 5.28. The van der Waals surface area contributed by atoms with Gasteiger partial charge in [0.2, 0.25) is 0 Å². The van der Waals surface area contributed by atoms with Crippen molar-refractivity contribution in [3.05, 3.63) is 29.8 Å². The maximum absolute atomic E-state index is 6.41. The van der Waals surface area contributed by atoms with Crippen molar-refractivity contribution in [2.45, 2.75) is 63.9 Å². The van der Waals surface area contributed by atoms with Crippen LogP contribution in [-0.2, 0) is 16.1 Å². The van der Waals surface area contributed by atoms with Crippen LogP contribution in [0.1, 0.15) is 45.6 Å². The first-order valence-electron chi connectivity index (χ1n) is 7.92. The molecule has 0 amide bonds. The fraction of sp³-hybridized carbons (Fsp3) is 0.667. The number of fused-ring (bicyclic) bond motifs is 2. The third kappa shape index (κ3) is 2.58. The number of hydrogen-bond donors (Lipinski definition) is 0. The van der Waals surface area contributed by atoms with E-state index in [1.165, 1.54) is 6.42 Å². The second-order valence-electron chi connectivity index (χ2n) is 6.99. The molecule has 2 bridgehead atoms. The Morgan fingerprint density at radius 2 is 2.14 bits per heavy atom. The van der Waals surface area contributed by atoms with Gasteiger partial charge in [0, 0.05) is 6.42 Å². The average molecular weight is 290 g/mol. The zero-order valence-corrected chi connectivity index (χ0v) is 13.5. The first-order valence-corrected chi connectivity index (χ1v) is 7.92. The molecule has 2 aliphatic heterocycles. The van der Waals surface area contributed by atoms with Gasteiger partial charge in [0.05, 0.1) is 31.0 Å². The minimum atomic E-state index is -0.108. The molecule has 3 atom stereocenters. The van der Waals surface area contributed by atoms with Crippen LogP contribution in [0.3, 0.4) is 0 Å². The first kappa shape index (κ1) is 14.9. The van der Waals surface area contributed by atoms with E-state index in [4.69, 9.17) is 14.2 Å². The SMILES string of the molecule is COc1cccc(COC2CC3(C(C)C)CCC2(C)O3)c1. The maximum atomic E-state index is 6.41. The number of ether oxygens (including phenoxy) is 3. The van der Waals surface area contributed by atoms with Gasteiger partial charge in [-0.05, 0) is 43.4 Å². The van der Waals surface area contributed by atoms with Gasteiger partial charge in [-0.1, -0.05) is 26.0 Å². The standard InChI is InChI=1S/C18H26O3/c1-13(2)18-9-8-17(3,21-18)16(11-18)20-12-14-6-5-7-15(10-14)19-4/h5-7,10,13,16H,8-9,11-12H2,1-4H3. The topological polar surface area (TPSA) is 27.7 Å². The lowest BCUT2D eigenvalue weighted by Gasteiger charge is -2.31. The lowest BCUT2D eigenvalue weighted by molar-refractivity contribution is -0.0960. The summed E-state index contributed by atoms with van der Waals surface area (Å²) in [6, 6.07) is 8.08. The van der Waals surface area contributed by atoms with Crippen LogP contribution in [0.25, 0.3) is 0 Å². The number of hydrogen-bond acceptors (Lipinski definition) is 3. The molecular weight excluding hydrogens is 264 g/mol. The Morgan fingerprint density at radius 1 is 1.33 bits per heavy atom. The summed E-state index contributed by atoms with van der Waals surface area (Å²) in [4.78, 5) is 0. The first-order chi connectivity index (χ1) is 9.97. The Kier molecular flexibility index (Phi) is 3.74. The Balaban J connectivity index is 1.66. The molecule has 0 N–H and O–H groups in total. The van der Waals surface area contributed by atoms with Crippen LogP contribution in [0.15, 0.2) is 24.3 Å². The lowest BCUT2D eigenvalue weighted by Crippen LogP contribution is -2.38. The van der Waals surface area contributed by atoms with Gasteiger partial charge < -0.3 is 14.2 Å². The van der Waals surface area contributed by atoms with E-state index in [0.29, 0.717) is 12.5 Å². The average Bonchev–Trinajstić information content (AvgIpc) is 2.97. The highest BCUT2D eigenvalue weighted by atomic mass is 16.6. The van der Waals surface area contributed by atoms with Crippen molar-refractivity contribution in [2.75, 3.05) is 7.11 Å². The molecule has 2 fully saturated rings. The highest BCUT2D eigenvalue weighted by Gasteiger charge is 2.60. The van der Waals surface area contributed by atoms with Crippen molar-refractivity contribution in [2.24, 2.45) is 5.92 Å².